The molecule has 0 bridgehead atoms. The molecule has 0 aromatic heterocycles. The van der Waals surface area contributed by atoms with Crippen LogP contribution in [0.5, 0.6) is 0 Å². The molecule has 2 aromatic carbocycles. The van der Waals surface area contributed by atoms with Crippen LogP contribution >= 0.6 is 12.2 Å². The number of nitrogens with two attached hydrogens (primary N) is 1. The van der Waals surface area contributed by atoms with E-state index in [0.29, 0.717) is 10.7 Å². The van der Waals surface area contributed by atoms with E-state index in [1.807, 2.05) is 32.0 Å². The van der Waals surface area contributed by atoms with Crippen LogP contribution in [0.25, 0.3) is 0 Å². The molecule has 2 nitrogen and oxygen atoms in total. The van der Waals surface area contributed by atoms with Crippen LogP contribution in [0.2, 0.25) is 0 Å². The normalized spacial score (nSPS) is 10.3. The van der Waals surface area contributed by atoms with Crippen molar-refractivity contribution >= 4 is 28.6 Å². The van der Waals surface area contributed by atoms with Crippen LogP contribution in [0.15, 0.2) is 36.4 Å². The van der Waals surface area contributed by atoms with Crippen LogP contribution in [-0.4, -0.2) is 4.99 Å². The molecule has 0 unspecified atom stereocenters. The van der Waals surface area contributed by atoms with Crippen LogP contribution in [-0.2, 0) is 0 Å². The predicted molar refractivity (Wildman–Crippen MR) is 81.5 cm³/mol. The molecule has 3 N–H and O–H groups in total. The maximum absolute atomic E-state index is 13.3. The lowest BCUT2D eigenvalue weighted by atomic mass is 10.1. The molecule has 0 aliphatic heterocycles. The summed E-state index contributed by atoms with van der Waals surface area (Å²) < 4.78 is 13.3. The number of halogens is 1. The van der Waals surface area contributed by atoms with E-state index in [4.69, 9.17) is 18.0 Å². The fraction of sp³-hybridized carbons (Fsp3) is 0.133. The van der Waals surface area contributed by atoms with Gasteiger partial charge in [-0.25, -0.2) is 4.39 Å². The molecule has 0 heterocycles. The average Bonchev–Trinajstić information content (AvgIpc) is 2.33. The summed E-state index contributed by atoms with van der Waals surface area (Å²) in [6.07, 6.45) is 0. The summed E-state index contributed by atoms with van der Waals surface area (Å²) in [5.74, 6) is -0.280. The van der Waals surface area contributed by atoms with E-state index in [1.165, 1.54) is 12.1 Å². The maximum Gasteiger partial charge on any atom is 0.125 e. The molecule has 0 aliphatic rings. The summed E-state index contributed by atoms with van der Waals surface area (Å²) in [6, 6.07) is 10.4. The average molecular weight is 274 g/mol. The highest BCUT2D eigenvalue weighted by Gasteiger charge is 2.08. The van der Waals surface area contributed by atoms with Gasteiger partial charge in [0.1, 0.15) is 10.8 Å². The summed E-state index contributed by atoms with van der Waals surface area (Å²) in [5, 5.41) is 3.20. The third kappa shape index (κ3) is 3.09. The third-order valence-corrected chi connectivity index (χ3v) is 3.13. The lowest BCUT2D eigenvalue weighted by molar-refractivity contribution is 0.628. The summed E-state index contributed by atoms with van der Waals surface area (Å²) in [6.45, 7) is 3.89. The molecular weight excluding hydrogens is 259 g/mol. The molecule has 2 aromatic rings. The molecule has 0 amide bonds. The zero-order chi connectivity index (χ0) is 14.0. The minimum atomic E-state index is -0.280. The number of rotatable bonds is 3. The zero-order valence-corrected chi connectivity index (χ0v) is 11.6. The fourth-order valence-corrected chi connectivity index (χ4v) is 2.03. The second-order valence-corrected chi connectivity index (χ2v) is 4.94. The largest absolute Gasteiger partial charge is 0.389 e. The van der Waals surface area contributed by atoms with E-state index in [-0.39, 0.29) is 5.82 Å². The van der Waals surface area contributed by atoms with E-state index in [1.54, 1.807) is 6.07 Å². The van der Waals surface area contributed by atoms with Gasteiger partial charge in [0.25, 0.3) is 0 Å². The quantitative estimate of drug-likeness (QED) is 0.836. The maximum atomic E-state index is 13.3. The number of hydrogen-bond acceptors (Lipinski definition) is 2. The van der Waals surface area contributed by atoms with Gasteiger partial charge in [0.05, 0.1) is 0 Å². The molecule has 0 aliphatic carbocycles. The summed E-state index contributed by atoms with van der Waals surface area (Å²) in [7, 11) is 0. The Balaban J connectivity index is 2.45. The highest BCUT2D eigenvalue weighted by atomic mass is 32.1. The molecule has 0 saturated carbocycles. The van der Waals surface area contributed by atoms with Crippen molar-refractivity contribution in [2.24, 2.45) is 5.73 Å². The van der Waals surface area contributed by atoms with Gasteiger partial charge in [-0.2, -0.15) is 0 Å². The number of anilines is 2. The monoisotopic (exact) mass is 274 g/mol. The molecule has 0 saturated heterocycles. The van der Waals surface area contributed by atoms with Crippen molar-refractivity contribution in [2.45, 2.75) is 13.8 Å². The van der Waals surface area contributed by atoms with Crippen molar-refractivity contribution in [3.8, 4) is 0 Å². The van der Waals surface area contributed by atoms with Crippen molar-refractivity contribution in [2.75, 3.05) is 5.32 Å². The van der Waals surface area contributed by atoms with E-state index in [9.17, 15) is 4.39 Å². The Hall–Kier alpha value is -1.94. The van der Waals surface area contributed by atoms with Crippen LogP contribution in [0.1, 0.15) is 16.7 Å². The van der Waals surface area contributed by atoms with Crippen LogP contribution < -0.4 is 11.1 Å². The number of nitrogens with one attached hydrogen (secondary N) is 1. The first-order valence-corrected chi connectivity index (χ1v) is 6.32. The van der Waals surface area contributed by atoms with Crippen LogP contribution in [0, 0.1) is 19.7 Å². The van der Waals surface area contributed by atoms with Gasteiger partial charge in [-0.1, -0.05) is 24.4 Å². The van der Waals surface area contributed by atoms with Crippen molar-refractivity contribution < 1.29 is 4.39 Å². The first-order chi connectivity index (χ1) is 8.97. The highest BCUT2D eigenvalue weighted by Crippen LogP contribution is 2.25. The Morgan fingerprint density at radius 3 is 2.53 bits per heavy atom. The smallest absolute Gasteiger partial charge is 0.125 e. The Labute approximate surface area is 117 Å². The van der Waals surface area contributed by atoms with Gasteiger partial charge in [-0.3, -0.25) is 0 Å². The van der Waals surface area contributed by atoms with E-state index in [0.717, 1.165) is 22.4 Å². The molecule has 0 fully saturated rings. The molecule has 0 radical (unpaired) electrons. The molecular formula is C15H15FN2S. The van der Waals surface area contributed by atoms with Crippen molar-refractivity contribution in [1.82, 2.24) is 0 Å². The Bertz CT molecular complexity index is 638. The SMILES string of the molecule is Cc1ccc(C(N)=S)c(Nc2cc(F)ccc2C)c1. The number of thiocarbonyl (C=S) groups is 1. The molecule has 0 atom stereocenters. The van der Waals surface area contributed by atoms with Gasteiger partial charge in [-0.15, -0.1) is 0 Å². The van der Waals surface area contributed by atoms with E-state index < -0.39 is 0 Å². The second kappa shape index (κ2) is 5.36. The second-order valence-electron chi connectivity index (χ2n) is 4.50. The lowest BCUT2D eigenvalue weighted by Crippen LogP contribution is -2.12. The van der Waals surface area contributed by atoms with Crippen molar-refractivity contribution in [3.63, 3.8) is 0 Å². The Kier molecular flexibility index (Phi) is 3.81. The van der Waals surface area contributed by atoms with Crippen molar-refractivity contribution in [3.05, 3.63) is 58.9 Å². The molecule has 4 heteroatoms. The third-order valence-electron chi connectivity index (χ3n) is 2.91. The minimum Gasteiger partial charge on any atom is -0.389 e. The topological polar surface area (TPSA) is 38.0 Å². The van der Waals surface area contributed by atoms with Gasteiger partial charge in [0, 0.05) is 16.9 Å². The highest BCUT2D eigenvalue weighted by molar-refractivity contribution is 7.80. The summed E-state index contributed by atoms with van der Waals surface area (Å²) in [5.41, 5.74) is 10.00. The van der Waals surface area contributed by atoms with Gasteiger partial charge in [0.2, 0.25) is 0 Å². The molecule has 0 spiro atoms. The number of benzene rings is 2. The summed E-state index contributed by atoms with van der Waals surface area (Å²) in [4.78, 5) is 0.316. The number of aryl methyl sites for hydroxylation is 2. The van der Waals surface area contributed by atoms with E-state index in [2.05, 4.69) is 5.32 Å². The fourth-order valence-electron chi connectivity index (χ4n) is 1.85. The predicted octanol–water partition coefficient (Wildman–Crippen LogP) is 3.82. The molecule has 19 heavy (non-hydrogen) atoms. The van der Waals surface area contributed by atoms with Gasteiger partial charge < -0.3 is 11.1 Å². The standard InChI is InChI=1S/C15H15FN2S/c1-9-3-6-12(15(17)19)14(7-9)18-13-8-11(16)5-4-10(13)2/h3-8,18H,1-2H3,(H2,17,19). The molecule has 2 rings (SSSR count). The Morgan fingerprint density at radius 1 is 1.11 bits per heavy atom. The minimum absolute atomic E-state index is 0.280. The first-order valence-electron chi connectivity index (χ1n) is 5.91. The molecule has 98 valence electrons. The van der Waals surface area contributed by atoms with Gasteiger partial charge in [0.15, 0.2) is 0 Å². The lowest BCUT2D eigenvalue weighted by Gasteiger charge is -2.14. The van der Waals surface area contributed by atoms with Gasteiger partial charge in [-0.05, 0) is 49.2 Å². The van der Waals surface area contributed by atoms with Gasteiger partial charge >= 0.3 is 0 Å². The van der Waals surface area contributed by atoms with Crippen LogP contribution in [0.4, 0.5) is 15.8 Å². The van der Waals surface area contributed by atoms with Crippen molar-refractivity contribution in [1.29, 1.82) is 0 Å². The zero-order valence-electron chi connectivity index (χ0n) is 10.8. The van der Waals surface area contributed by atoms with E-state index >= 15 is 0 Å². The Morgan fingerprint density at radius 2 is 1.84 bits per heavy atom. The van der Waals surface area contributed by atoms with Crippen LogP contribution in [0.3, 0.4) is 0 Å². The number of hydrogen-bond donors (Lipinski definition) is 2. The summed E-state index contributed by atoms with van der Waals surface area (Å²) >= 11 is 5.03. The first kappa shape index (κ1) is 13.5.